The summed E-state index contributed by atoms with van der Waals surface area (Å²) in [6.45, 7) is 3.42. The predicted molar refractivity (Wildman–Crippen MR) is 67.6 cm³/mol. The number of carbonyl (C=O) groups excluding carboxylic acids is 1. The molecule has 0 aromatic carbocycles. The molecular weight excluding hydrogens is 250 g/mol. The number of hydrogen-bond donors (Lipinski definition) is 3. The molecule has 0 aliphatic rings. The van der Waals surface area contributed by atoms with Crippen LogP contribution in [0.4, 0.5) is 0 Å². The average Bonchev–Trinajstić information content (AvgIpc) is 2.89. The Bertz CT molecular complexity index is 426. The molecule has 2 unspecified atom stereocenters. The van der Waals surface area contributed by atoms with Crippen LogP contribution >= 0.6 is 0 Å². The van der Waals surface area contributed by atoms with Crippen molar-refractivity contribution in [3.63, 3.8) is 0 Å². The van der Waals surface area contributed by atoms with Crippen molar-refractivity contribution < 1.29 is 19.4 Å². The van der Waals surface area contributed by atoms with Gasteiger partial charge in [-0.25, -0.2) is 9.78 Å². The zero-order valence-electron chi connectivity index (χ0n) is 11.3. The van der Waals surface area contributed by atoms with Gasteiger partial charge in [0.25, 0.3) is 5.91 Å². The number of amides is 1. The Morgan fingerprint density at radius 3 is 2.74 bits per heavy atom. The van der Waals surface area contributed by atoms with Gasteiger partial charge in [0.05, 0.1) is 6.33 Å². The third-order valence-electron chi connectivity index (χ3n) is 3.19. The summed E-state index contributed by atoms with van der Waals surface area (Å²) in [5, 5.41) is 11.6. The van der Waals surface area contributed by atoms with Crippen LogP contribution in [0.1, 0.15) is 26.0 Å². The summed E-state index contributed by atoms with van der Waals surface area (Å²) in [4.78, 5) is 29.8. The molecule has 1 amide bonds. The zero-order chi connectivity index (χ0) is 14.5. The van der Waals surface area contributed by atoms with Crippen molar-refractivity contribution in [1.29, 1.82) is 0 Å². The monoisotopic (exact) mass is 269 g/mol. The summed E-state index contributed by atoms with van der Waals surface area (Å²) in [5.41, 5.74) is -0.384. The maximum Gasteiger partial charge on any atom is 0.326 e. The first kappa shape index (κ1) is 15.2. The molecule has 0 aliphatic heterocycles. The Labute approximate surface area is 111 Å². The summed E-state index contributed by atoms with van der Waals surface area (Å²) in [6, 6.07) is -1.02. The van der Waals surface area contributed by atoms with Crippen LogP contribution in [0.3, 0.4) is 0 Å². The second-order valence-electron chi connectivity index (χ2n) is 4.43. The number of carbonyl (C=O) groups is 2. The molecule has 7 nitrogen and oxygen atoms in total. The first-order valence-corrected chi connectivity index (χ1v) is 5.99. The summed E-state index contributed by atoms with van der Waals surface area (Å²) < 4.78 is 5.14. The van der Waals surface area contributed by atoms with Gasteiger partial charge in [-0.05, 0) is 13.3 Å². The highest BCUT2D eigenvalue weighted by molar-refractivity contribution is 5.89. The van der Waals surface area contributed by atoms with Gasteiger partial charge in [0, 0.05) is 25.4 Å². The van der Waals surface area contributed by atoms with Gasteiger partial charge >= 0.3 is 5.97 Å². The number of carboxylic acids is 1. The van der Waals surface area contributed by atoms with Crippen LogP contribution in [0.25, 0.3) is 0 Å². The Morgan fingerprint density at radius 2 is 2.32 bits per heavy atom. The molecule has 0 saturated carbocycles. The normalized spacial score (nSPS) is 15.5. The number of ether oxygens (including phenoxy) is 1. The minimum absolute atomic E-state index is 0.143. The average molecular weight is 269 g/mol. The van der Waals surface area contributed by atoms with E-state index < -0.39 is 23.5 Å². The molecule has 7 heteroatoms. The fraction of sp³-hybridized carbons (Fsp3) is 0.583. The second-order valence-corrected chi connectivity index (χ2v) is 4.43. The van der Waals surface area contributed by atoms with Crippen LogP contribution < -0.4 is 5.32 Å². The molecule has 19 heavy (non-hydrogen) atoms. The van der Waals surface area contributed by atoms with Gasteiger partial charge in [0.1, 0.15) is 11.6 Å². The number of rotatable bonds is 7. The summed E-state index contributed by atoms with van der Waals surface area (Å²) in [6.07, 6.45) is 3.58. The third-order valence-corrected chi connectivity index (χ3v) is 3.19. The Morgan fingerprint density at radius 1 is 1.63 bits per heavy atom. The molecule has 1 aromatic heterocycles. The highest BCUT2D eigenvalue weighted by Gasteiger charge is 2.34. The second kappa shape index (κ2) is 6.33. The highest BCUT2D eigenvalue weighted by Crippen LogP contribution is 2.14. The van der Waals surface area contributed by atoms with Crippen LogP contribution in [-0.4, -0.2) is 45.7 Å². The largest absolute Gasteiger partial charge is 0.480 e. The molecule has 1 heterocycles. The first-order chi connectivity index (χ1) is 8.92. The number of H-pyrrole nitrogens is 1. The molecule has 106 valence electrons. The third kappa shape index (κ3) is 3.78. The summed E-state index contributed by atoms with van der Waals surface area (Å²) >= 11 is 0. The lowest BCUT2D eigenvalue weighted by Crippen LogP contribution is -2.52. The minimum atomic E-state index is -1.10. The summed E-state index contributed by atoms with van der Waals surface area (Å²) in [7, 11) is 1.42. The molecular formula is C12H19N3O4. The van der Waals surface area contributed by atoms with Crippen molar-refractivity contribution >= 4 is 11.9 Å². The van der Waals surface area contributed by atoms with E-state index >= 15 is 0 Å². The van der Waals surface area contributed by atoms with Crippen molar-refractivity contribution in [3.8, 4) is 0 Å². The minimum Gasteiger partial charge on any atom is -0.480 e. The fourth-order valence-electron chi connectivity index (χ4n) is 1.52. The molecule has 3 N–H and O–H groups in total. The van der Waals surface area contributed by atoms with E-state index in [2.05, 4.69) is 15.3 Å². The van der Waals surface area contributed by atoms with Gasteiger partial charge in [0.2, 0.25) is 0 Å². The van der Waals surface area contributed by atoms with Crippen LogP contribution in [0, 0.1) is 0 Å². The lowest BCUT2D eigenvalue weighted by Gasteiger charge is -2.27. The van der Waals surface area contributed by atoms with Gasteiger partial charge in [0.15, 0.2) is 0 Å². The van der Waals surface area contributed by atoms with Gasteiger partial charge in [-0.1, -0.05) is 6.92 Å². The number of imidazole rings is 1. The molecule has 0 spiro atoms. The van der Waals surface area contributed by atoms with Crippen molar-refractivity contribution in [1.82, 2.24) is 15.3 Å². The van der Waals surface area contributed by atoms with E-state index in [0.29, 0.717) is 12.1 Å². The van der Waals surface area contributed by atoms with Crippen molar-refractivity contribution in [2.75, 3.05) is 7.11 Å². The number of aromatic nitrogens is 2. The van der Waals surface area contributed by atoms with E-state index in [9.17, 15) is 9.59 Å². The first-order valence-electron chi connectivity index (χ1n) is 5.99. The Hall–Kier alpha value is -1.89. The van der Waals surface area contributed by atoms with Gasteiger partial charge in [-0.3, -0.25) is 4.79 Å². The van der Waals surface area contributed by atoms with Crippen LogP contribution in [0.5, 0.6) is 0 Å². The van der Waals surface area contributed by atoms with Gasteiger partial charge in [-0.2, -0.15) is 0 Å². The molecule has 1 rings (SSSR count). The van der Waals surface area contributed by atoms with E-state index in [-0.39, 0.29) is 6.42 Å². The number of nitrogens with zero attached hydrogens (tertiary/aromatic N) is 1. The van der Waals surface area contributed by atoms with Crippen LogP contribution in [-0.2, 0) is 20.7 Å². The number of aliphatic carboxylic acids is 1. The lowest BCUT2D eigenvalue weighted by atomic mass is 10.0. The highest BCUT2D eigenvalue weighted by atomic mass is 16.5. The number of nitrogens with one attached hydrogen (secondary N) is 2. The van der Waals surface area contributed by atoms with E-state index in [1.54, 1.807) is 13.8 Å². The van der Waals surface area contributed by atoms with E-state index in [0.717, 1.165) is 0 Å². The topological polar surface area (TPSA) is 104 Å². The standard InChI is InChI=1S/C12H19N3O4/c1-4-12(2,19-3)11(18)15-9(10(16)17)5-8-6-13-7-14-8/h6-7,9H,4-5H2,1-3H3,(H,13,14)(H,15,18)(H,16,17). The van der Waals surface area contributed by atoms with Crippen molar-refractivity contribution in [2.24, 2.45) is 0 Å². The molecule has 0 aliphatic carbocycles. The maximum atomic E-state index is 12.0. The number of carboxylic acid groups (broad SMARTS) is 1. The van der Waals surface area contributed by atoms with E-state index in [4.69, 9.17) is 9.84 Å². The Balaban J connectivity index is 2.74. The number of aromatic amines is 1. The smallest absolute Gasteiger partial charge is 0.326 e. The van der Waals surface area contributed by atoms with E-state index in [1.165, 1.54) is 19.6 Å². The van der Waals surface area contributed by atoms with Gasteiger partial charge in [-0.15, -0.1) is 0 Å². The van der Waals surface area contributed by atoms with Crippen LogP contribution in [0.15, 0.2) is 12.5 Å². The Kier molecular flexibility index (Phi) is 5.05. The fourth-order valence-corrected chi connectivity index (χ4v) is 1.52. The van der Waals surface area contributed by atoms with E-state index in [1.807, 2.05) is 0 Å². The molecule has 2 atom stereocenters. The molecule has 0 bridgehead atoms. The van der Waals surface area contributed by atoms with Gasteiger partial charge < -0.3 is 20.1 Å². The lowest BCUT2D eigenvalue weighted by molar-refractivity contribution is -0.148. The quantitative estimate of drug-likeness (QED) is 0.662. The number of hydrogen-bond acceptors (Lipinski definition) is 4. The maximum absolute atomic E-state index is 12.0. The molecule has 0 saturated heterocycles. The molecule has 0 fully saturated rings. The molecule has 1 aromatic rings. The summed E-state index contributed by atoms with van der Waals surface area (Å²) in [5.74, 6) is -1.54. The number of methoxy groups -OCH3 is 1. The van der Waals surface area contributed by atoms with Crippen LogP contribution in [0.2, 0.25) is 0 Å². The van der Waals surface area contributed by atoms with Crippen molar-refractivity contribution in [2.45, 2.75) is 38.3 Å². The van der Waals surface area contributed by atoms with Crippen molar-refractivity contribution in [3.05, 3.63) is 18.2 Å². The zero-order valence-corrected chi connectivity index (χ0v) is 11.3. The predicted octanol–water partition coefficient (Wildman–Crippen LogP) is 0.337. The molecule has 0 radical (unpaired) electrons. The SMILES string of the molecule is CCC(C)(OC)C(=O)NC(Cc1cnc[nH]1)C(=O)O.